The van der Waals surface area contributed by atoms with Gasteiger partial charge in [0.2, 0.25) is 0 Å². The minimum atomic E-state index is -0.762. The number of hydrogen-bond acceptors (Lipinski definition) is 3. The van der Waals surface area contributed by atoms with Crippen LogP contribution in [-0.2, 0) is 14.3 Å². The van der Waals surface area contributed by atoms with Crippen LogP contribution in [0.25, 0.3) is 0 Å². The van der Waals surface area contributed by atoms with Gasteiger partial charge < -0.3 is 14.7 Å². The molecule has 0 saturated carbocycles. The molecule has 3 heterocycles. The van der Waals surface area contributed by atoms with Crippen LogP contribution in [0.5, 0.6) is 0 Å². The first-order chi connectivity index (χ1) is 8.18. The molecule has 3 aliphatic heterocycles. The topological polar surface area (TPSA) is 66.8 Å². The zero-order chi connectivity index (χ0) is 12.0. The van der Waals surface area contributed by atoms with Crippen molar-refractivity contribution in [3.63, 3.8) is 0 Å². The number of aliphatic carboxylic acids is 1. The van der Waals surface area contributed by atoms with E-state index in [4.69, 9.17) is 9.84 Å². The fourth-order valence-corrected chi connectivity index (χ4v) is 3.54. The van der Waals surface area contributed by atoms with Gasteiger partial charge in [-0.1, -0.05) is 0 Å². The Hall–Kier alpha value is -1.10. The molecule has 2 bridgehead atoms. The zero-order valence-electron chi connectivity index (χ0n) is 9.67. The van der Waals surface area contributed by atoms with E-state index in [9.17, 15) is 9.59 Å². The van der Waals surface area contributed by atoms with Crippen LogP contribution in [0, 0.1) is 5.92 Å². The molecule has 3 rings (SSSR count). The second-order valence-corrected chi connectivity index (χ2v) is 5.23. The third-order valence-electron chi connectivity index (χ3n) is 4.31. The Morgan fingerprint density at radius 3 is 2.65 bits per heavy atom. The van der Waals surface area contributed by atoms with Gasteiger partial charge in [-0.05, 0) is 32.1 Å². The minimum Gasteiger partial charge on any atom is -0.481 e. The van der Waals surface area contributed by atoms with Crippen molar-refractivity contribution < 1.29 is 19.4 Å². The fraction of sp³-hybridized carbons (Fsp3) is 0.833. The van der Waals surface area contributed by atoms with E-state index in [0.717, 1.165) is 25.7 Å². The molecule has 17 heavy (non-hydrogen) atoms. The summed E-state index contributed by atoms with van der Waals surface area (Å²) in [7, 11) is 0. The lowest BCUT2D eigenvalue weighted by Crippen LogP contribution is -2.43. The molecule has 1 amide bonds. The highest BCUT2D eigenvalue weighted by Gasteiger charge is 2.52. The summed E-state index contributed by atoms with van der Waals surface area (Å²) in [5.41, 5.74) is 0. The SMILES string of the molecule is O=C(O)C1CC2CCC1N2C(=O)C1CCCO1. The lowest BCUT2D eigenvalue weighted by atomic mass is 9.89. The molecule has 5 heteroatoms. The number of fused-ring (bicyclic) bond motifs is 2. The summed E-state index contributed by atoms with van der Waals surface area (Å²) in [6, 6.07) is 0.0481. The maximum absolute atomic E-state index is 12.3. The molecule has 0 radical (unpaired) electrons. The second kappa shape index (κ2) is 3.98. The summed E-state index contributed by atoms with van der Waals surface area (Å²) in [6.45, 7) is 0.655. The van der Waals surface area contributed by atoms with Crippen LogP contribution in [-0.4, -0.2) is 46.7 Å². The molecule has 0 aromatic heterocycles. The highest BCUT2D eigenvalue weighted by Crippen LogP contribution is 2.42. The molecule has 1 N–H and O–H groups in total. The summed E-state index contributed by atoms with van der Waals surface area (Å²) in [6.07, 6.45) is 3.81. The van der Waals surface area contributed by atoms with Gasteiger partial charge in [0.25, 0.3) is 5.91 Å². The van der Waals surface area contributed by atoms with E-state index < -0.39 is 5.97 Å². The van der Waals surface area contributed by atoms with E-state index in [1.807, 2.05) is 4.90 Å². The van der Waals surface area contributed by atoms with Gasteiger partial charge in [0.15, 0.2) is 0 Å². The Morgan fingerprint density at radius 2 is 2.06 bits per heavy atom. The van der Waals surface area contributed by atoms with Crippen LogP contribution >= 0.6 is 0 Å². The summed E-state index contributed by atoms with van der Waals surface area (Å²) in [4.78, 5) is 25.2. The summed E-state index contributed by atoms with van der Waals surface area (Å²) in [5.74, 6) is -1.10. The maximum Gasteiger partial charge on any atom is 0.308 e. The Labute approximate surface area is 99.7 Å². The Morgan fingerprint density at radius 1 is 1.24 bits per heavy atom. The Kier molecular flexibility index (Phi) is 2.58. The molecule has 4 atom stereocenters. The number of rotatable bonds is 2. The molecule has 3 saturated heterocycles. The average molecular weight is 239 g/mol. The van der Waals surface area contributed by atoms with Crippen molar-refractivity contribution in [3.05, 3.63) is 0 Å². The van der Waals surface area contributed by atoms with Crippen molar-refractivity contribution in [2.24, 2.45) is 5.92 Å². The Bertz CT molecular complexity index is 350. The highest BCUT2D eigenvalue weighted by molar-refractivity contribution is 5.84. The molecule has 3 aliphatic rings. The standard InChI is InChI=1S/C12H17NO4/c14-11(10-2-1-5-17-10)13-7-3-4-9(13)8(6-7)12(15)16/h7-10H,1-6H2,(H,15,16). The van der Waals surface area contributed by atoms with Gasteiger partial charge in [0.1, 0.15) is 6.10 Å². The van der Waals surface area contributed by atoms with Gasteiger partial charge in [-0.2, -0.15) is 0 Å². The zero-order valence-corrected chi connectivity index (χ0v) is 9.67. The van der Waals surface area contributed by atoms with Gasteiger partial charge in [-0.25, -0.2) is 0 Å². The first-order valence-corrected chi connectivity index (χ1v) is 6.35. The van der Waals surface area contributed by atoms with E-state index in [0.29, 0.717) is 13.0 Å². The van der Waals surface area contributed by atoms with E-state index in [1.165, 1.54) is 0 Å². The van der Waals surface area contributed by atoms with Gasteiger partial charge in [0, 0.05) is 18.7 Å². The minimum absolute atomic E-state index is 0.0266. The third-order valence-corrected chi connectivity index (χ3v) is 4.31. The van der Waals surface area contributed by atoms with Gasteiger partial charge in [-0.15, -0.1) is 0 Å². The molecule has 3 fully saturated rings. The van der Waals surface area contributed by atoms with Gasteiger partial charge in [0.05, 0.1) is 5.92 Å². The molecule has 0 aromatic rings. The van der Waals surface area contributed by atoms with Crippen LogP contribution in [0.4, 0.5) is 0 Å². The average Bonchev–Trinajstić information content (AvgIpc) is 3.03. The van der Waals surface area contributed by atoms with E-state index >= 15 is 0 Å². The summed E-state index contributed by atoms with van der Waals surface area (Å²) < 4.78 is 5.41. The van der Waals surface area contributed by atoms with Crippen molar-refractivity contribution in [3.8, 4) is 0 Å². The van der Waals surface area contributed by atoms with Crippen molar-refractivity contribution in [1.29, 1.82) is 0 Å². The molecular formula is C12H17NO4. The molecule has 94 valence electrons. The van der Waals surface area contributed by atoms with Crippen molar-refractivity contribution in [1.82, 2.24) is 4.90 Å². The van der Waals surface area contributed by atoms with Crippen molar-refractivity contribution in [2.45, 2.75) is 50.3 Å². The number of carbonyl (C=O) groups is 2. The van der Waals surface area contributed by atoms with Gasteiger partial charge >= 0.3 is 5.97 Å². The molecule has 5 nitrogen and oxygen atoms in total. The summed E-state index contributed by atoms with van der Waals surface area (Å²) >= 11 is 0. The molecule has 0 aliphatic carbocycles. The van der Waals surface area contributed by atoms with Crippen LogP contribution in [0.2, 0.25) is 0 Å². The van der Waals surface area contributed by atoms with Gasteiger partial charge in [-0.3, -0.25) is 9.59 Å². The largest absolute Gasteiger partial charge is 0.481 e. The van der Waals surface area contributed by atoms with Crippen molar-refractivity contribution >= 4 is 11.9 Å². The second-order valence-electron chi connectivity index (χ2n) is 5.23. The monoisotopic (exact) mass is 239 g/mol. The first kappa shape index (κ1) is 11.0. The van der Waals surface area contributed by atoms with Crippen LogP contribution < -0.4 is 0 Å². The number of carbonyl (C=O) groups excluding carboxylic acids is 1. The third kappa shape index (κ3) is 1.64. The predicted octanol–water partition coefficient (Wildman–Crippen LogP) is 0.629. The first-order valence-electron chi connectivity index (χ1n) is 6.35. The maximum atomic E-state index is 12.3. The van der Waals surface area contributed by atoms with Crippen LogP contribution in [0.3, 0.4) is 0 Å². The lowest BCUT2D eigenvalue weighted by Gasteiger charge is -2.25. The van der Waals surface area contributed by atoms with E-state index in [1.54, 1.807) is 0 Å². The van der Waals surface area contributed by atoms with E-state index in [2.05, 4.69) is 0 Å². The Balaban J connectivity index is 1.76. The number of hydrogen-bond donors (Lipinski definition) is 1. The fourth-order valence-electron chi connectivity index (χ4n) is 3.54. The number of carboxylic acids is 1. The quantitative estimate of drug-likeness (QED) is 0.767. The number of ether oxygens (including phenoxy) is 1. The molecule has 0 spiro atoms. The highest BCUT2D eigenvalue weighted by atomic mass is 16.5. The van der Waals surface area contributed by atoms with E-state index in [-0.39, 0.29) is 30.0 Å². The molecular weight excluding hydrogens is 222 g/mol. The normalized spacial score (nSPS) is 39.9. The smallest absolute Gasteiger partial charge is 0.308 e. The number of amides is 1. The number of carboxylic acid groups (broad SMARTS) is 1. The van der Waals surface area contributed by atoms with Crippen LogP contribution in [0.15, 0.2) is 0 Å². The molecule has 0 aromatic carbocycles. The number of nitrogens with zero attached hydrogens (tertiary/aromatic N) is 1. The van der Waals surface area contributed by atoms with Crippen LogP contribution in [0.1, 0.15) is 32.1 Å². The predicted molar refractivity (Wildman–Crippen MR) is 58.4 cm³/mol. The lowest BCUT2D eigenvalue weighted by molar-refractivity contribution is -0.145. The molecule has 4 unspecified atom stereocenters. The summed E-state index contributed by atoms with van der Waals surface area (Å²) in [5, 5.41) is 9.13. The van der Waals surface area contributed by atoms with Crippen molar-refractivity contribution in [2.75, 3.05) is 6.61 Å².